The van der Waals surface area contributed by atoms with Crippen molar-refractivity contribution in [1.29, 1.82) is 0 Å². The van der Waals surface area contributed by atoms with Gasteiger partial charge in [0, 0.05) is 12.5 Å². The normalized spacial score (nSPS) is 13.3. The minimum absolute atomic E-state index is 0.0791. The molecule has 0 spiro atoms. The Balaban J connectivity index is 2.68. The average Bonchev–Trinajstić information content (AvgIpc) is 2.40. The molecule has 0 amide bonds. The number of nitro benzene ring substituents is 1. The molecule has 1 rings (SSSR count). The Morgan fingerprint density at radius 2 is 2.14 bits per heavy atom. The highest BCUT2D eigenvalue weighted by molar-refractivity contribution is 5.79. The summed E-state index contributed by atoms with van der Waals surface area (Å²) >= 11 is 0. The standard InChI is InChI=1S/C14H20N2O5/c1-4-20-13(17)14(3,15)7-8-21-12-6-5-10(2)9-11(12)16(18)19/h5-6,9H,4,7-8,15H2,1-3H3. The summed E-state index contributed by atoms with van der Waals surface area (Å²) in [5.41, 5.74) is 5.32. The molecule has 21 heavy (non-hydrogen) atoms. The molecule has 0 saturated heterocycles. The molecule has 7 nitrogen and oxygen atoms in total. The van der Waals surface area contributed by atoms with Crippen LogP contribution >= 0.6 is 0 Å². The van der Waals surface area contributed by atoms with E-state index in [9.17, 15) is 14.9 Å². The molecule has 0 radical (unpaired) electrons. The molecule has 1 unspecified atom stereocenters. The molecule has 116 valence electrons. The molecule has 7 heteroatoms. The van der Waals surface area contributed by atoms with Gasteiger partial charge in [0.05, 0.1) is 18.1 Å². The third kappa shape index (κ3) is 4.71. The summed E-state index contributed by atoms with van der Waals surface area (Å²) in [5, 5.41) is 11.0. The summed E-state index contributed by atoms with van der Waals surface area (Å²) in [4.78, 5) is 22.1. The van der Waals surface area contributed by atoms with Gasteiger partial charge in [-0.15, -0.1) is 0 Å². The zero-order valence-corrected chi connectivity index (χ0v) is 12.4. The van der Waals surface area contributed by atoms with Gasteiger partial charge in [0.25, 0.3) is 0 Å². The number of nitro groups is 1. The van der Waals surface area contributed by atoms with E-state index in [4.69, 9.17) is 15.2 Å². The number of hydrogen-bond acceptors (Lipinski definition) is 6. The van der Waals surface area contributed by atoms with Crippen LogP contribution in [0.15, 0.2) is 18.2 Å². The number of carbonyl (C=O) groups excluding carboxylic acids is 1. The highest BCUT2D eigenvalue weighted by Gasteiger charge is 2.30. The fraction of sp³-hybridized carbons (Fsp3) is 0.500. The van der Waals surface area contributed by atoms with Crippen LogP contribution in [-0.4, -0.2) is 29.6 Å². The van der Waals surface area contributed by atoms with E-state index in [1.807, 2.05) is 0 Å². The van der Waals surface area contributed by atoms with E-state index in [0.717, 1.165) is 5.56 Å². The molecule has 1 aromatic carbocycles. The van der Waals surface area contributed by atoms with Crippen LogP contribution in [0.5, 0.6) is 5.75 Å². The lowest BCUT2D eigenvalue weighted by atomic mass is 10.0. The van der Waals surface area contributed by atoms with Gasteiger partial charge in [-0.2, -0.15) is 0 Å². The predicted molar refractivity (Wildman–Crippen MR) is 77.2 cm³/mol. The number of rotatable bonds is 7. The number of nitrogens with zero attached hydrogens (tertiary/aromatic N) is 1. The first-order valence-corrected chi connectivity index (χ1v) is 6.62. The van der Waals surface area contributed by atoms with Gasteiger partial charge in [-0.25, -0.2) is 0 Å². The first kappa shape index (κ1) is 16.9. The molecule has 1 atom stereocenters. The van der Waals surface area contributed by atoms with Gasteiger partial charge < -0.3 is 15.2 Å². The molecule has 0 aliphatic carbocycles. The molecule has 0 bridgehead atoms. The Morgan fingerprint density at radius 1 is 1.48 bits per heavy atom. The summed E-state index contributed by atoms with van der Waals surface area (Å²) in [5.74, 6) is -0.364. The number of nitrogens with two attached hydrogens (primary N) is 1. The summed E-state index contributed by atoms with van der Waals surface area (Å²) < 4.78 is 10.2. The van der Waals surface area contributed by atoms with E-state index in [1.54, 1.807) is 19.9 Å². The summed E-state index contributed by atoms with van der Waals surface area (Å²) in [6, 6.07) is 4.68. The summed E-state index contributed by atoms with van der Waals surface area (Å²) in [6.07, 6.45) is 0.191. The number of benzene rings is 1. The van der Waals surface area contributed by atoms with Crippen LogP contribution < -0.4 is 10.5 Å². The van der Waals surface area contributed by atoms with Crippen LogP contribution in [0.1, 0.15) is 25.8 Å². The maximum Gasteiger partial charge on any atom is 0.325 e. The topological polar surface area (TPSA) is 105 Å². The highest BCUT2D eigenvalue weighted by atomic mass is 16.6. The zero-order chi connectivity index (χ0) is 16.0. The molecule has 0 aliphatic rings. The van der Waals surface area contributed by atoms with Gasteiger partial charge in [0.2, 0.25) is 0 Å². The van der Waals surface area contributed by atoms with E-state index in [2.05, 4.69) is 0 Å². The number of carbonyl (C=O) groups is 1. The van der Waals surface area contributed by atoms with Crippen molar-refractivity contribution in [3.8, 4) is 5.75 Å². The van der Waals surface area contributed by atoms with E-state index >= 15 is 0 Å². The quantitative estimate of drug-likeness (QED) is 0.468. The van der Waals surface area contributed by atoms with E-state index in [0.29, 0.717) is 0 Å². The lowest BCUT2D eigenvalue weighted by Gasteiger charge is -2.22. The second-order valence-corrected chi connectivity index (χ2v) is 4.96. The Bertz CT molecular complexity index is 528. The Morgan fingerprint density at radius 3 is 2.71 bits per heavy atom. The lowest BCUT2D eigenvalue weighted by molar-refractivity contribution is -0.385. The first-order chi connectivity index (χ1) is 9.77. The molecule has 0 saturated carbocycles. The van der Waals surface area contributed by atoms with Crippen LogP contribution in [0, 0.1) is 17.0 Å². The van der Waals surface area contributed by atoms with Crippen LogP contribution in [0.25, 0.3) is 0 Å². The zero-order valence-electron chi connectivity index (χ0n) is 12.4. The largest absolute Gasteiger partial charge is 0.487 e. The van der Waals surface area contributed by atoms with Crippen LogP contribution in [0.4, 0.5) is 5.69 Å². The highest BCUT2D eigenvalue weighted by Crippen LogP contribution is 2.28. The molecule has 2 N–H and O–H groups in total. The summed E-state index contributed by atoms with van der Waals surface area (Å²) in [7, 11) is 0. The van der Waals surface area contributed by atoms with E-state index < -0.39 is 16.4 Å². The molecule has 0 aromatic heterocycles. The molecule has 1 aromatic rings. The molecular weight excluding hydrogens is 276 g/mol. The van der Waals surface area contributed by atoms with Crippen molar-refractivity contribution in [3.63, 3.8) is 0 Å². The number of ether oxygens (including phenoxy) is 2. The average molecular weight is 296 g/mol. The van der Waals surface area contributed by atoms with Crippen molar-refractivity contribution in [2.24, 2.45) is 5.73 Å². The molecule has 0 fully saturated rings. The number of esters is 1. The maximum atomic E-state index is 11.6. The third-order valence-electron chi connectivity index (χ3n) is 2.93. The fourth-order valence-corrected chi connectivity index (χ4v) is 1.66. The molecule has 0 aliphatic heterocycles. The number of hydrogen-bond donors (Lipinski definition) is 1. The minimum Gasteiger partial charge on any atom is -0.487 e. The van der Waals surface area contributed by atoms with Gasteiger partial charge in [-0.05, 0) is 32.4 Å². The van der Waals surface area contributed by atoms with Crippen LogP contribution in [0.2, 0.25) is 0 Å². The monoisotopic (exact) mass is 296 g/mol. The Labute approximate surface area is 123 Å². The van der Waals surface area contributed by atoms with E-state index in [-0.39, 0.29) is 31.1 Å². The van der Waals surface area contributed by atoms with Crippen molar-refractivity contribution >= 4 is 11.7 Å². The second kappa shape index (κ2) is 7.03. The van der Waals surface area contributed by atoms with Gasteiger partial charge in [-0.3, -0.25) is 14.9 Å². The van der Waals surface area contributed by atoms with Crippen molar-refractivity contribution in [2.45, 2.75) is 32.7 Å². The first-order valence-electron chi connectivity index (χ1n) is 6.62. The van der Waals surface area contributed by atoms with Gasteiger partial charge in [0.1, 0.15) is 5.54 Å². The summed E-state index contributed by atoms with van der Waals surface area (Å²) in [6.45, 7) is 5.32. The number of aryl methyl sites for hydroxylation is 1. The SMILES string of the molecule is CCOC(=O)C(C)(N)CCOc1ccc(C)cc1[N+](=O)[O-]. The van der Waals surface area contributed by atoms with Crippen molar-refractivity contribution in [3.05, 3.63) is 33.9 Å². The van der Waals surface area contributed by atoms with Crippen molar-refractivity contribution in [2.75, 3.05) is 13.2 Å². The van der Waals surface area contributed by atoms with Crippen molar-refractivity contribution in [1.82, 2.24) is 0 Å². The predicted octanol–water partition coefficient (Wildman–Crippen LogP) is 1.95. The van der Waals surface area contributed by atoms with Gasteiger partial charge >= 0.3 is 11.7 Å². The Kier molecular flexibility index (Phi) is 5.66. The fourth-order valence-electron chi connectivity index (χ4n) is 1.66. The molecule has 0 heterocycles. The van der Waals surface area contributed by atoms with Crippen molar-refractivity contribution < 1.29 is 19.2 Å². The lowest BCUT2D eigenvalue weighted by Crippen LogP contribution is -2.47. The molecular formula is C14H20N2O5. The van der Waals surface area contributed by atoms with Gasteiger partial charge in [0.15, 0.2) is 5.75 Å². The third-order valence-corrected chi connectivity index (χ3v) is 2.93. The van der Waals surface area contributed by atoms with Crippen LogP contribution in [-0.2, 0) is 9.53 Å². The van der Waals surface area contributed by atoms with E-state index in [1.165, 1.54) is 19.1 Å². The second-order valence-electron chi connectivity index (χ2n) is 4.96. The minimum atomic E-state index is -1.19. The smallest absolute Gasteiger partial charge is 0.325 e. The van der Waals surface area contributed by atoms with Gasteiger partial charge in [-0.1, -0.05) is 6.07 Å². The Hall–Kier alpha value is -2.15. The van der Waals surface area contributed by atoms with Crippen LogP contribution in [0.3, 0.4) is 0 Å². The maximum absolute atomic E-state index is 11.6.